The fourth-order valence-electron chi connectivity index (χ4n) is 1.70. The highest BCUT2D eigenvalue weighted by molar-refractivity contribution is 5.79. The van der Waals surface area contributed by atoms with Crippen LogP contribution in [0.15, 0.2) is 30.5 Å². The zero-order valence-corrected chi connectivity index (χ0v) is 8.12. The lowest BCUT2D eigenvalue weighted by Gasteiger charge is -2.01. The summed E-state index contributed by atoms with van der Waals surface area (Å²) in [6.45, 7) is 0. The van der Waals surface area contributed by atoms with Gasteiger partial charge >= 0.3 is 0 Å². The van der Waals surface area contributed by atoms with Crippen molar-refractivity contribution in [2.24, 2.45) is 0 Å². The van der Waals surface area contributed by atoms with Crippen molar-refractivity contribution in [2.45, 2.75) is 0 Å². The number of rotatable bonds is 0. The van der Waals surface area contributed by atoms with E-state index in [1.54, 1.807) is 34.9 Å². The van der Waals surface area contributed by atoms with Crippen LogP contribution in [0.3, 0.4) is 0 Å². The van der Waals surface area contributed by atoms with E-state index in [1.165, 1.54) is 0 Å². The lowest BCUT2D eigenvalue weighted by Crippen LogP contribution is -1.94. The standard InChI is InChI=1S/C11H6N4O/c12-6-7-3-4-15-10-5-8(16)1-2-9(10)13-14-11(7)15/h1-5,16H. The predicted molar refractivity (Wildman–Crippen MR) is 56.9 cm³/mol. The van der Waals surface area contributed by atoms with Crippen LogP contribution in [0.4, 0.5) is 0 Å². The summed E-state index contributed by atoms with van der Waals surface area (Å²) < 4.78 is 1.74. The van der Waals surface area contributed by atoms with Gasteiger partial charge in [0.15, 0.2) is 5.65 Å². The molecule has 1 N–H and O–H groups in total. The Hall–Kier alpha value is -2.61. The highest BCUT2D eigenvalue weighted by atomic mass is 16.3. The van der Waals surface area contributed by atoms with Crippen LogP contribution < -0.4 is 0 Å². The number of phenols is 1. The van der Waals surface area contributed by atoms with Gasteiger partial charge in [0.2, 0.25) is 0 Å². The minimum absolute atomic E-state index is 0.161. The van der Waals surface area contributed by atoms with Crippen LogP contribution in [0, 0.1) is 11.3 Å². The van der Waals surface area contributed by atoms with E-state index in [9.17, 15) is 5.11 Å². The summed E-state index contributed by atoms with van der Waals surface area (Å²) in [7, 11) is 0. The van der Waals surface area contributed by atoms with Gasteiger partial charge in [-0.3, -0.25) is 4.40 Å². The van der Waals surface area contributed by atoms with Crippen molar-refractivity contribution in [3.63, 3.8) is 0 Å². The number of fused-ring (bicyclic) bond motifs is 3. The summed E-state index contributed by atoms with van der Waals surface area (Å²) in [5.41, 5.74) is 2.37. The Labute approximate surface area is 90.2 Å². The molecule has 0 saturated heterocycles. The molecule has 0 bridgehead atoms. The van der Waals surface area contributed by atoms with E-state index in [1.807, 2.05) is 6.07 Å². The number of hydrogen-bond donors (Lipinski definition) is 1. The second kappa shape index (κ2) is 2.94. The smallest absolute Gasteiger partial charge is 0.177 e. The van der Waals surface area contributed by atoms with Gasteiger partial charge in [0.1, 0.15) is 17.3 Å². The highest BCUT2D eigenvalue weighted by Crippen LogP contribution is 2.20. The molecule has 0 radical (unpaired) electrons. The van der Waals surface area contributed by atoms with Crippen molar-refractivity contribution in [1.29, 1.82) is 5.26 Å². The van der Waals surface area contributed by atoms with E-state index in [4.69, 9.17) is 5.26 Å². The van der Waals surface area contributed by atoms with Crippen molar-refractivity contribution in [3.8, 4) is 11.8 Å². The summed E-state index contributed by atoms with van der Waals surface area (Å²) in [5.74, 6) is 0.161. The third kappa shape index (κ3) is 1.04. The molecule has 2 aromatic heterocycles. The van der Waals surface area contributed by atoms with E-state index in [2.05, 4.69) is 10.2 Å². The molecule has 0 saturated carbocycles. The molecule has 3 rings (SSSR count). The molecular weight excluding hydrogens is 204 g/mol. The summed E-state index contributed by atoms with van der Waals surface area (Å²) >= 11 is 0. The SMILES string of the molecule is N#Cc1ccn2c1nnc1ccc(O)cc12. The maximum absolute atomic E-state index is 9.43. The van der Waals surface area contributed by atoms with Crippen molar-refractivity contribution < 1.29 is 5.11 Å². The maximum Gasteiger partial charge on any atom is 0.177 e. The van der Waals surface area contributed by atoms with Crippen LogP contribution in [0.1, 0.15) is 5.56 Å². The molecule has 2 heterocycles. The van der Waals surface area contributed by atoms with E-state index >= 15 is 0 Å². The van der Waals surface area contributed by atoms with E-state index in [0.717, 1.165) is 5.52 Å². The largest absolute Gasteiger partial charge is 0.508 e. The highest BCUT2D eigenvalue weighted by Gasteiger charge is 2.07. The Morgan fingerprint density at radius 2 is 2.12 bits per heavy atom. The third-order valence-electron chi connectivity index (χ3n) is 2.45. The minimum atomic E-state index is 0.161. The number of aromatic hydroxyl groups is 1. The van der Waals surface area contributed by atoms with Gasteiger partial charge in [-0.05, 0) is 18.2 Å². The van der Waals surface area contributed by atoms with Crippen LogP contribution in [0.2, 0.25) is 0 Å². The molecule has 0 fully saturated rings. The molecule has 5 nitrogen and oxygen atoms in total. The average Bonchev–Trinajstić information content (AvgIpc) is 2.72. The second-order valence-corrected chi connectivity index (χ2v) is 3.41. The van der Waals surface area contributed by atoms with Crippen molar-refractivity contribution in [2.75, 3.05) is 0 Å². The Morgan fingerprint density at radius 3 is 2.94 bits per heavy atom. The first-order valence-electron chi connectivity index (χ1n) is 4.66. The van der Waals surface area contributed by atoms with Crippen LogP contribution >= 0.6 is 0 Å². The Bertz CT molecular complexity index is 739. The van der Waals surface area contributed by atoms with Crippen molar-refractivity contribution >= 4 is 16.7 Å². The monoisotopic (exact) mass is 210 g/mol. The van der Waals surface area contributed by atoms with Gasteiger partial charge in [0.05, 0.1) is 11.1 Å². The molecule has 0 amide bonds. The molecule has 16 heavy (non-hydrogen) atoms. The second-order valence-electron chi connectivity index (χ2n) is 3.41. The molecular formula is C11H6N4O. The van der Waals surface area contributed by atoms with Crippen molar-refractivity contribution in [1.82, 2.24) is 14.6 Å². The summed E-state index contributed by atoms with van der Waals surface area (Å²) in [6.07, 6.45) is 1.74. The number of aromatic nitrogens is 3. The van der Waals surface area contributed by atoms with Gasteiger partial charge in [-0.1, -0.05) is 0 Å². The molecule has 1 aromatic carbocycles. The number of nitriles is 1. The van der Waals surface area contributed by atoms with E-state index in [0.29, 0.717) is 16.7 Å². The minimum Gasteiger partial charge on any atom is -0.508 e. The topological polar surface area (TPSA) is 74.2 Å². The fraction of sp³-hybridized carbons (Fsp3) is 0. The molecule has 3 aromatic rings. The quantitative estimate of drug-likeness (QED) is 0.609. The first-order chi connectivity index (χ1) is 7.79. The summed E-state index contributed by atoms with van der Waals surface area (Å²) in [6, 6.07) is 8.55. The van der Waals surface area contributed by atoms with E-state index in [-0.39, 0.29) is 5.75 Å². The molecule has 5 heteroatoms. The zero-order valence-electron chi connectivity index (χ0n) is 8.12. The number of hydrogen-bond acceptors (Lipinski definition) is 4. The molecule has 0 aliphatic rings. The molecule has 0 unspecified atom stereocenters. The molecule has 0 spiro atoms. The van der Waals surface area contributed by atoms with Gasteiger partial charge < -0.3 is 5.11 Å². The van der Waals surface area contributed by atoms with Crippen LogP contribution in [0.5, 0.6) is 5.75 Å². The molecule has 0 aliphatic carbocycles. The summed E-state index contributed by atoms with van der Waals surface area (Å²) in [4.78, 5) is 0. The lowest BCUT2D eigenvalue weighted by atomic mass is 10.3. The van der Waals surface area contributed by atoms with Gasteiger partial charge in [-0.15, -0.1) is 10.2 Å². The van der Waals surface area contributed by atoms with Crippen LogP contribution in [-0.2, 0) is 0 Å². The van der Waals surface area contributed by atoms with Gasteiger partial charge in [0, 0.05) is 12.3 Å². The molecule has 0 aliphatic heterocycles. The lowest BCUT2D eigenvalue weighted by molar-refractivity contribution is 0.476. The predicted octanol–water partition coefficient (Wildman–Crippen LogP) is 1.46. The molecule has 0 atom stereocenters. The van der Waals surface area contributed by atoms with Crippen LogP contribution in [-0.4, -0.2) is 19.7 Å². The first-order valence-corrected chi connectivity index (χ1v) is 4.66. The zero-order chi connectivity index (χ0) is 11.1. The van der Waals surface area contributed by atoms with Gasteiger partial charge in [0.25, 0.3) is 0 Å². The van der Waals surface area contributed by atoms with Crippen molar-refractivity contribution in [3.05, 3.63) is 36.0 Å². The first kappa shape index (κ1) is 8.68. The van der Waals surface area contributed by atoms with Gasteiger partial charge in [-0.25, -0.2) is 0 Å². The average molecular weight is 210 g/mol. The van der Waals surface area contributed by atoms with E-state index < -0.39 is 0 Å². The maximum atomic E-state index is 9.43. The summed E-state index contributed by atoms with van der Waals surface area (Å²) in [5, 5.41) is 26.3. The Kier molecular flexibility index (Phi) is 1.59. The number of phenolic OH excluding ortho intramolecular Hbond substituents is 1. The molecule has 76 valence electrons. The fourth-order valence-corrected chi connectivity index (χ4v) is 1.70. The third-order valence-corrected chi connectivity index (χ3v) is 2.45. The number of benzene rings is 1. The Morgan fingerprint density at radius 1 is 1.25 bits per heavy atom. The van der Waals surface area contributed by atoms with Gasteiger partial charge in [-0.2, -0.15) is 5.26 Å². The van der Waals surface area contributed by atoms with Crippen LogP contribution in [0.25, 0.3) is 16.7 Å². The normalized spacial score (nSPS) is 10.7. The Balaban J connectivity index is 2.54. The number of nitrogens with zero attached hydrogens (tertiary/aromatic N) is 4.